The molecule has 1 aromatic carbocycles. The van der Waals surface area contributed by atoms with Crippen LogP contribution in [-0.4, -0.2) is 20.6 Å². The zero-order chi connectivity index (χ0) is 14.0. The van der Waals surface area contributed by atoms with Gasteiger partial charge in [0.15, 0.2) is 5.84 Å². The topological polar surface area (TPSA) is 76.4 Å². The van der Waals surface area contributed by atoms with Gasteiger partial charge in [0.1, 0.15) is 0 Å². The second-order valence-electron chi connectivity index (χ2n) is 4.67. The summed E-state index contributed by atoms with van der Waals surface area (Å²) >= 11 is 0. The SMILES string of the molecule is Cc1cc(/C(N)=N/O)ccc1Cn1cnc(C)c1C. The van der Waals surface area contributed by atoms with Crippen molar-refractivity contribution >= 4 is 5.84 Å². The summed E-state index contributed by atoms with van der Waals surface area (Å²) in [6.07, 6.45) is 1.85. The third-order valence-corrected chi connectivity index (χ3v) is 3.43. The minimum absolute atomic E-state index is 0.129. The van der Waals surface area contributed by atoms with E-state index in [1.807, 2.05) is 38.4 Å². The van der Waals surface area contributed by atoms with Gasteiger partial charge in [-0.1, -0.05) is 17.3 Å². The lowest BCUT2D eigenvalue weighted by atomic mass is 10.0. The Morgan fingerprint density at radius 1 is 1.37 bits per heavy atom. The molecule has 1 heterocycles. The number of hydrogen-bond acceptors (Lipinski definition) is 3. The third-order valence-electron chi connectivity index (χ3n) is 3.43. The number of nitrogens with two attached hydrogens (primary N) is 1. The van der Waals surface area contributed by atoms with Gasteiger partial charge in [-0.2, -0.15) is 0 Å². The van der Waals surface area contributed by atoms with Crippen molar-refractivity contribution in [2.24, 2.45) is 10.9 Å². The molecule has 3 N–H and O–H groups in total. The van der Waals surface area contributed by atoms with Crippen molar-refractivity contribution < 1.29 is 5.21 Å². The lowest BCUT2D eigenvalue weighted by molar-refractivity contribution is 0.318. The molecule has 1 aromatic heterocycles. The predicted molar refractivity (Wildman–Crippen MR) is 74.5 cm³/mol. The highest BCUT2D eigenvalue weighted by atomic mass is 16.4. The summed E-state index contributed by atoms with van der Waals surface area (Å²) in [4.78, 5) is 4.29. The molecule has 0 aliphatic carbocycles. The lowest BCUT2D eigenvalue weighted by Gasteiger charge is -2.10. The van der Waals surface area contributed by atoms with Gasteiger partial charge in [0.25, 0.3) is 0 Å². The first-order valence-corrected chi connectivity index (χ1v) is 6.08. The first kappa shape index (κ1) is 13.1. The van der Waals surface area contributed by atoms with Crippen LogP contribution >= 0.6 is 0 Å². The van der Waals surface area contributed by atoms with Gasteiger partial charge in [-0.25, -0.2) is 4.98 Å². The number of hydrogen-bond donors (Lipinski definition) is 2. The van der Waals surface area contributed by atoms with Crippen LogP contribution < -0.4 is 5.73 Å². The maximum Gasteiger partial charge on any atom is 0.170 e. The maximum atomic E-state index is 8.67. The van der Waals surface area contributed by atoms with E-state index in [2.05, 4.69) is 21.6 Å². The number of aromatic nitrogens is 2. The number of nitrogens with zero attached hydrogens (tertiary/aromatic N) is 3. The van der Waals surface area contributed by atoms with Gasteiger partial charge in [0.05, 0.1) is 12.0 Å². The zero-order valence-corrected chi connectivity index (χ0v) is 11.4. The Morgan fingerprint density at radius 3 is 2.63 bits per heavy atom. The summed E-state index contributed by atoms with van der Waals surface area (Å²) in [6.45, 7) is 6.85. The molecule has 0 bridgehead atoms. The normalized spacial score (nSPS) is 11.8. The number of rotatable bonds is 3. The smallest absolute Gasteiger partial charge is 0.170 e. The Balaban J connectivity index is 2.30. The molecular weight excluding hydrogens is 240 g/mol. The number of amidine groups is 1. The molecule has 0 radical (unpaired) electrons. The van der Waals surface area contributed by atoms with Crippen molar-refractivity contribution in [1.82, 2.24) is 9.55 Å². The van der Waals surface area contributed by atoms with E-state index in [1.165, 1.54) is 11.3 Å². The van der Waals surface area contributed by atoms with Gasteiger partial charge in [0, 0.05) is 17.8 Å². The van der Waals surface area contributed by atoms with E-state index in [0.29, 0.717) is 0 Å². The highest BCUT2D eigenvalue weighted by Gasteiger charge is 2.07. The number of oxime groups is 1. The lowest BCUT2D eigenvalue weighted by Crippen LogP contribution is -2.13. The van der Waals surface area contributed by atoms with Crippen molar-refractivity contribution in [2.45, 2.75) is 27.3 Å². The first-order chi connectivity index (χ1) is 9.02. The van der Waals surface area contributed by atoms with E-state index in [4.69, 9.17) is 10.9 Å². The standard InChI is InChI=1S/C14H18N4O/c1-9-6-12(14(15)17-19)4-5-13(9)7-18-8-16-10(2)11(18)3/h4-6,8,19H,7H2,1-3H3,(H2,15,17). The molecule has 19 heavy (non-hydrogen) atoms. The van der Waals surface area contributed by atoms with Gasteiger partial charge in [-0.3, -0.25) is 0 Å². The van der Waals surface area contributed by atoms with Crippen LogP contribution in [0.15, 0.2) is 29.7 Å². The number of imidazole rings is 1. The Kier molecular flexibility index (Phi) is 3.55. The van der Waals surface area contributed by atoms with E-state index in [0.717, 1.165) is 23.4 Å². The Morgan fingerprint density at radius 2 is 2.11 bits per heavy atom. The van der Waals surface area contributed by atoms with Crippen LogP contribution in [0.4, 0.5) is 0 Å². The average Bonchev–Trinajstić information content (AvgIpc) is 2.72. The Bertz CT molecular complexity index is 628. The molecule has 0 spiro atoms. The summed E-state index contributed by atoms with van der Waals surface area (Å²) in [7, 11) is 0. The van der Waals surface area contributed by atoms with E-state index in [9.17, 15) is 0 Å². The first-order valence-electron chi connectivity index (χ1n) is 6.08. The summed E-state index contributed by atoms with van der Waals surface area (Å²) in [5.74, 6) is 0.129. The van der Waals surface area contributed by atoms with Gasteiger partial charge in [-0.05, 0) is 38.0 Å². The molecular formula is C14H18N4O. The number of benzene rings is 1. The fraction of sp³-hybridized carbons (Fsp3) is 0.286. The molecule has 0 saturated carbocycles. The summed E-state index contributed by atoms with van der Waals surface area (Å²) in [6, 6.07) is 5.78. The molecule has 0 saturated heterocycles. The van der Waals surface area contributed by atoms with Gasteiger partial charge in [0.2, 0.25) is 0 Å². The quantitative estimate of drug-likeness (QED) is 0.382. The average molecular weight is 258 g/mol. The summed E-state index contributed by atoms with van der Waals surface area (Å²) < 4.78 is 2.11. The van der Waals surface area contributed by atoms with Crippen molar-refractivity contribution in [2.75, 3.05) is 0 Å². The van der Waals surface area contributed by atoms with E-state index in [1.54, 1.807) is 0 Å². The van der Waals surface area contributed by atoms with Crippen LogP contribution in [0.25, 0.3) is 0 Å². The molecule has 0 aliphatic rings. The molecule has 0 unspecified atom stereocenters. The van der Waals surface area contributed by atoms with Crippen LogP contribution in [-0.2, 0) is 6.54 Å². The van der Waals surface area contributed by atoms with Crippen LogP contribution in [0.1, 0.15) is 28.1 Å². The highest BCUT2D eigenvalue weighted by molar-refractivity contribution is 5.97. The molecule has 5 heteroatoms. The zero-order valence-electron chi connectivity index (χ0n) is 11.4. The van der Waals surface area contributed by atoms with Crippen molar-refractivity contribution in [3.63, 3.8) is 0 Å². The third kappa shape index (κ3) is 2.59. The summed E-state index contributed by atoms with van der Waals surface area (Å²) in [5, 5.41) is 11.7. The summed E-state index contributed by atoms with van der Waals surface area (Å²) in [5.41, 5.74) is 10.8. The van der Waals surface area contributed by atoms with Gasteiger partial charge >= 0.3 is 0 Å². The van der Waals surface area contributed by atoms with Gasteiger partial charge in [-0.15, -0.1) is 0 Å². The second kappa shape index (κ2) is 5.14. The molecule has 0 fully saturated rings. The monoisotopic (exact) mass is 258 g/mol. The second-order valence-corrected chi connectivity index (χ2v) is 4.67. The fourth-order valence-electron chi connectivity index (χ4n) is 1.98. The van der Waals surface area contributed by atoms with E-state index >= 15 is 0 Å². The van der Waals surface area contributed by atoms with Crippen molar-refractivity contribution in [1.29, 1.82) is 0 Å². The van der Waals surface area contributed by atoms with E-state index in [-0.39, 0.29) is 5.84 Å². The molecule has 0 atom stereocenters. The maximum absolute atomic E-state index is 8.67. The minimum atomic E-state index is 0.129. The molecule has 0 amide bonds. The molecule has 2 aromatic rings. The van der Waals surface area contributed by atoms with Crippen LogP contribution in [0.2, 0.25) is 0 Å². The number of aryl methyl sites for hydroxylation is 2. The van der Waals surface area contributed by atoms with Gasteiger partial charge < -0.3 is 15.5 Å². The van der Waals surface area contributed by atoms with Crippen LogP contribution in [0.3, 0.4) is 0 Å². The van der Waals surface area contributed by atoms with E-state index < -0.39 is 0 Å². The molecule has 2 rings (SSSR count). The Hall–Kier alpha value is -2.30. The minimum Gasteiger partial charge on any atom is -0.409 e. The highest BCUT2D eigenvalue weighted by Crippen LogP contribution is 2.14. The fourth-order valence-corrected chi connectivity index (χ4v) is 1.98. The van der Waals surface area contributed by atoms with Crippen LogP contribution in [0.5, 0.6) is 0 Å². The van der Waals surface area contributed by atoms with Crippen molar-refractivity contribution in [3.8, 4) is 0 Å². The Labute approximate surface area is 112 Å². The predicted octanol–water partition coefficient (Wildman–Crippen LogP) is 1.95. The van der Waals surface area contributed by atoms with Crippen LogP contribution in [0, 0.1) is 20.8 Å². The van der Waals surface area contributed by atoms with Crippen molar-refractivity contribution in [3.05, 3.63) is 52.6 Å². The largest absolute Gasteiger partial charge is 0.409 e. The molecule has 5 nitrogen and oxygen atoms in total. The molecule has 0 aliphatic heterocycles. The molecule has 100 valence electrons.